The van der Waals surface area contributed by atoms with E-state index < -0.39 is 0 Å². The number of hydrogen-bond donors (Lipinski definition) is 2. The third-order valence-electron chi connectivity index (χ3n) is 4.61. The number of benzene rings is 1. The smallest absolute Gasteiger partial charge is 0.0948 e. The first kappa shape index (κ1) is 15.5. The predicted molar refractivity (Wildman–Crippen MR) is 85.2 cm³/mol. The minimum absolute atomic E-state index is 0.229. The van der Waals surface area contributed by atoms with Crippen LogP contribution in [0.1, 0.15) is 68.4 Å². The number of aliphatic hydroxyl groups is 1. The van der Waals surface area contributed by atoms with Crippen LogP contribution in [0.4, 0.5) is 0 Å². The Morgan fingerprint density at radius 1 is 1.10 bits per heavy atom. The van der Waals surface area contributed by atoms with Gasteiger partial charge in [0.1, 0.15) is 0 Å². The van der Waals surface area contributed by atoms with E-state index in [1.165, 1.54) is 35.1 Å². The fraction of sp³-hybridized carbons (Fsp3) is 0.667. The van der Waals surface area contributed by atoms with Gasteiger partial charge < -0.3 is 10.4 Å². The Balaban J connectivity index is 2.36. The Morgan fingerprint density at radius 3 is 2.20 bits per heavy atom. The molecule has 112 valence electrons. The van der Waals surface area contributed by atoms with Crippen LogP contribution in [-0.2, 0) is 19.3 Å². The molecule has 0 radical (unpaired) electrons. The van der Waals surface area contributed by atoms with Crippen molar-refractivity contribution in [3.05, 3.63) is 34.4 Å². The maximum Gasteiger partial charge on any atom is 0.0948 e. The molecule has 2 N–H and O–H groups in total. The maximum absolute atomic E-state index is 10.9. The number of piperidine rings is 1. The van der Waals surface area contributed by atoms with E-state index in [0.29, 0.717) is 0 Å². The molecule has 2 heteroatoms. The summed E-state index contributed by atoms with van der Waals surface area (Å²) in [6.07, 6.45) is 6.26. The Kier molecular flexibility index (Phi) is 5.62. The molecule has 2 rings (SSSR count). The van der Waals surface area contributed by atoms with Crippen molar-refractivity contribution in [1.82, 2.24) is 5.32 Å². The lowest BCUT2D eigenvalue weighted by Crippen LogP contribution is -2.39. The molecule has 1 aliphatic heterocycles. The van der Waals surface area contributed by atoms with Crippen LogP contribution in [0, 0.1) is 0 Å². The summed E-state index contributed by atoms with van der Waals surface area (Å²) in [6, 6.07) is 4.81. The minimum Gasteiger partial charge on any atom is -0.387 e. The van der Waals surface area contributed by atoms with Gasteiger partial charge in [-0.05, 0) is 60.9 Å². The van der Waals surface area contributed by atoms with Crippen LogP contribution in [0.5, 0.6) is 0 Å². The van der Waals surface area contributed by atoms with Gasteiger partial charge in [-0.25, -0.2) is 0 Å². The van der Waals surface area contributed by atoms with Gasteiger partial charge >= 0.3 is 0 Å². The molecular weight excluding hydrogens is 246 g/mol. The molecule has 2 unspecified atom stereocenters. The van der Waals surface area contributed by atoms with Crippen molar-refractivity contribution in [2.45, 2.75) is 71.4 Å². The number of aryl methyl sites for hydroxylation is 3. The highest BCUT2D eigenvalue weighted by molar-refractivity contribution is 5.41. The van der Waals surface area contributed by atoms with E-state index in [2.05, 4.69) is 38.2 Å². The summed E-state index contributed by atoms with van der Waals surface area (Å²) < 4.78 is 0. The third-order valence-corrected chi connectivity index (χ3v) is 4.61. The molecular formula is C18H29NO. The first-order chi connectivity index (χ1) is 9.71. The molecule has 1 aliphatic rings. The van der Waals surface area contributed by atoms with Gasteiger partial charge in [0, 0.05) is 6.04 Å². The summed E-state index contributed by atoms with van der Waals surface area (Å²) in [5, 5.41) is 14.4. The van der Waals surface area contributed by atoms with E-state index >= 15 is 0 Å². The largest absolute Gasteiger partial charge is 0.387 e. The number of rotatable bonds is 5. The highest BCUT2D eigenvalue weighted by atomic mass is 16.3. The normalized spacial score (nSPS) is 20.9. The highest BCUT2D eigenvalue weighted by Crippen LogP contribution is 2.30. The van der Waals surface area contributed by atoms with Crippen molar-refractivity contribution in [3.63, 3.8) is 0 Å². The van der Waals surface area contributed by atoms with Crippen LogP contribution in [-0.4, -0.2) is 17.7 Å². The molecule has 1 saturated heterocycles. The molecule has 2 nitrogen and oxygen atoms in total. The summed E-state index contributed by atoms with van der Waals surface area (Å²) in [5.74, 6) is 0. The molecule has 1 fully saturated rings. The molecule has 2 atom stereocenters. The van der Waals surface area contributed by atoms with Crippen LogP contribution in [0.2, 0.25) is 0 Å². The first-order valence-corrected chi connectivity index (χ1v) is 8.27. The van der Waals surface area contributed by atoms with Gasteiger partial charge in [-0.15, -0.1) is 0 Å². The van der Waals surface area contributed by atoms with Gasteiger partial charge in [0.2, 0.25) is 0 Å². The summed E-state index contributed by atoms with van der Waals surface area (Å²) in [7, 11) is 0. The van der Waals surface area contributed by atoms with E-state index in [-0.39, 0.29) is 12.1 Å². The van der Waals surface area contributed by atoms with Gasteiger partial charge in [0.05, 0.1) is 6.10 Å². The average molecular weight is 275 g/mol. The van der Waals surface area contributed by atoms with Gasteiger partial charge in [0.25, 0.3) is 0 Å². The van der Waals surface area contributed by atoms with Crippen LogP contribution in [0.15, 0.2) is 12.1 Å². The Morgan fingerprint density at radius 2 is 1.75 bits per heavy atom. The predicted octanol–water partition coefficient (Wildman–Crippen LogP) is 3.55. The second kappa shape index (κ2) is 7.24. The average Bonchev–Trinajstić information content (AvgIpc) is 2.53. The van der Waals surface area contributed by atoms with E-state index in [1.807, 2.05) is 0 Å². The van der Waals surface area contributed by atoms with Crippen molar-refractivity contribution in [2.24, 2.45) is 0 Å². The Labute approximate surface area is 123 Å². The molecule has 20 heavy (non-hydrogen) atoms. The summed E-state index contributed by atoms with van der Waals surface area (Å²) in [5.41, 5.74) is 5.26. The third kappa shape index (κ3) is 3.24. The zero-order valence-corrected chi connectivity index (χ0v) is 13.2. The topological polar surface area (TPSA) is 32.3 Å². The Bertz CT molecular complexity index is 410. The van der Waals surface area contributed by atoms with Crippen molar-refractivity contribution in [2.75, 3.05) is 6.54 Å². The van der Waals surface area contributed by atoms with Gasteiger partial charge in [-0.1, -0.05) is 39.3 Å². The SMILES string of the molecule is CCc1cc(CC)c(C(O)C2CCCCN2)c(CC)c1. The molecule has 1 aromatic rings. The lowest BCUT2D eigenvalue weighted by Gasteiger charge is -2.31. The molecule has 0 saturated carbocycles. The minimum atomic E-state index is -0.355. The van der Waals surface area contributed by atoms with Gasteiger partial charge in [-0.3, -0.25) is 0 Å². The van der Waals surface area contributed by atoms with E-state index in [4.69, 9.17) is 0 Å². The first-order valence-electron chi connectivity index (χ1n) is 8.27. The van der Waals surface area contributed by atoms with Crippen LogP contribution in [0.25, 0.3) is 0 Å². The van der Waals surface area contributed by atoms with Crippen molar-refractivity contribution in [1.29, 1.82) is 0 Å². The monoisotopic (exact) mass is 275 g/mol. The Hall–Kier alpha value is -0.860. The van der Waals surface area contributed by atoms with Crippen LogP contribution in [0.3, 0.4) is 0 Å². The van der Waals surface area contributed by atoms with Gasteiger partial charge in [-0.2, -0.15) is 0 Å². The lowest BCUT2D eigenvalue weighted by molar-refractivity contribution is 0.112. The van der Waals surface area contributed by atoms with Crippen molar-refractivity contribution >= 4 is 0 Å². The van der Waals surface area contributed by atoms with Crippen molar-refractivity contribution < 1.29 is 5.11 Å². The zero-order valence-electron chi connectivity index (χ0n) is 13.2. The van der Waals surface area contributed by atoms with Gasteiger partial charge in [0.15, 0.2) is 0 Å². The van der Waals surface area contributed by atoms with E-state index in [0.717, 1.165) is 32.2 Å². The summed E-state index contributed by atoms with van der Waals surface area (Å²) in [6.45, 7) is 7.63. The number of aliphatic hydroxyl groups excluding tert-OH is 1. The van der Waals surface area contributed by atoms with Crippen LogP contribution < -0.4 is 5.32 Å². The molecule has 1 heterocycles. The standard InChI is InChI=1S/C18H29NO/c1-4-13-11-14(5-2)17(15(6-3)12-13)18(20)16-9-7-8-10-19-16/h11-12,16,18-20H,4-10H2,1-3H3. The molecule has 0 aliphatic carbocycles. The molecule has 0 spiro atoms. The summed E-state index contributed by atoms with van der Waals surface area (Å²) in [4.78, 5) is 0. The summed E-state index contributed by atoms with van der Waals surface area (Å²) >= 11 is 0. The fourth-order valence-corrected chi connectivity index (χ4v) is 3.37. The highest BCUT2D eigenvalue weighted by Gasteiger charge is 2.26. The molecule has 1 aromatic carbocycles. The molecule has 0 aromatic heterocycles. The quantitative estimate of drug-likeness (QED) is 0.861. The number of nitrogens with one attached hydrogen (secondary N) is 1. The zero-order chi connectivity index (χ0) is 14.5. The second-order valence-electron chi connectivity index (χ2n) is 5.89. The second-order valence-corrected chi connectivity index (χ2v) is 5.89. The van der Waals surface area contributed by atoms with E-state index in [9.17, 15) is 5.11 Å². The van der Waals surface area contributed by atoms with E-state index in [1.54, 1.807) is 0 Å². The lowest BCUT2D eigenvalue weighted by atomic mass is 9.86. The fourth-order valence-electron chi connectivity index (χ4n) is 3.37. The molecule has 0 amide bonds. The van der Waals surface area contributed by atoms with Crippen LogP contribution >= 0.6 is 0 Å². The van der Waals surface area contributed by atoms with Crippen molar-refractivity contribution in [3.8, 4) is 0 Å². The molecule has 0 bridgehead atoms. The number of hydrogen-bond acceptors (Lipinski definition) is 2. The maximum atomic E-state index is 10.9.